The van der Waals surface area contributed by atoms with E-state index in [9.17, 15) is 19.2 Å². The van der Waals surface area contributed by atoms with Gasteiger partial charge in [0.2, 0.25) is 6.10 Å². The summed E-state index contributed by atoms with van der Waals surface area (Å²) in [5.74, 6) is -3.21. The predicted molar refractivity (Wildman–Crippen MR) is 105 cm³/mol. The predicted octanol–water partition coefficient (Wildman–Crippen LogP) is 0.354. The van der Waals surface area contributed by atoms with Crippen LogP contribution in [0.25, 0.3) is 11.2 Å². The van der Waals surface area contributed by atoms with Crippen LogP contribution in [0.3, 0.4) is 0 Å². The Morgan fingerprint density at radius 2 is 1.75 bits per heavy atom. The molecule has 1 saturated heterocycles. The summed E-state index contributed by atoms with van der Waals surface area (Å²) in [7, 11) is 1.09. The molecule has 1 N–H and O–H groups in total. The van der Waals surface area contributed by atoms with E-state index >= 15 is 0 Å². The molecule has 2 aromatic heterocycles. The molecule has 172 valence electrons. The second-order valence-corrected chi connectivity index (χ2v) is 7.14. The number of methoxy groups -OCH3 is 1. The molecule has 3 rings (SSSR count). The number of esters is 4. The first kappa shape index (κ1) is 23.3. The molecule has 0 bridgehead atoms. The van der Waals surface area contributed by atoms with E-state index < -0.39 is 54.5 Å². The number of fused-ring (bicyclic) bond motifs is 1. The molecule has 0 radical (unpaired) electrons. The average Bonchev–Trinajstić information content (AvgIpc) is 3.28. The fraction of sp³-hybridized carbons (Fsp3) is 0.500. The molecule has 32 heavy (non-hydrogen) atoms. The van der Waals surface area contributed by atoms with Gasteiger partial charge in [0.05, 0.1) is 19.8 Å². The molecule has 0 aliphatic carbocycles. The third-order valence-electron chi connectivity index (χ3n) is 4.51. The molecule has 0 saturated carbocycles. The van der Waals surface area contributed by atoms with Crippen molar-refractivity contribution >= 4 is 47.3 Å². The van der Waals surface area contributed by atoms with E-state index in [1.54, 1.807) is 0 Å². The molecule has 13 nitrogen and oxygen atoms in total. The molecule has 0 amide bonds. The molecule has 5 atom stereocenters. The number of rotatable bonds is 6. The van der Waals surface area contributed by atoms with Gasteiger partial charge in [-0.2, -0.15) is 0 Å². The number of hydrogen-bond donors (Lipinski definition) is 1. The maximum Gasteiger partial charge on any atom is 0.350 e. The van der Waals surface area contributed by atoms with Gasteiger partial charge in [-0.1, -0.05) is 12.2 Å². The van der Waals surface area contributed by atoms with Gasteiger partial charge in [-0.05, 0) is 0 Å². The topological polar surface area (TPSA) is 161 Å². The number of ether oxygens (including phenoxy) is 5. The summed E-state index contributed by atoms with van der Waals surface area (Å²) in [5.41, 5.74) is 0.709. The zero-order valence-corrected chi connectivity index (χ0v) is 18.3. The quantitative estimate of drug-likeness (QED) is 0.352. The summed E-state index contributed by atoms with van der Waals surface area (Å²) in [6, 6.07) is 0. The van der Waals surface area contributed by atoms with Crippen molar-refractivity contribution < 1.29 is 42.9 Å². The van der Waals surface area contributed by atoms with Crippen molar-refractivity contribution in [2.75, 3.05) is 7.11 Å². The van der Waals surface area contributed by atoms with E-state index in [2.05, 4.69) is 15.0 Å². The third-order valence-corrected chi connectivity index (χ3v) is 4.81. The van der Waals surface area contributed by atoms with Gasteiger partial charge in [0.1, 0.15) is 17.3 Å². The number of imidazole rings is 1. The highest BCUT2D eigenvalue weighted by molar-refractivity contribution is 7.71. The van der Waals surface area contributed by atoms with Crippen molar-refractivity contribution in [2.24, 2.45) is 0 Å². The van der Waals surface area contributed by atoms with Gasteiger partial charge < -0.3 is 28.7 Å². The van der Waals surface area contributed by atoms with E-state index in [4.69, 9.17) is 35.9 Å². The number of aromatic amines is 1. The van der Waals surface area contributed by atoms with Crippen molar-refractivity contribution in [1.82, 2.24) is 19.5 Å². The lowest BCUT2D eigenvalue weighted by Crippen LogP contribution is -2.48. The van der Waals surface area contributed by atoms with Crippen molar-refractivity contribution in [1.29, 1.82) is 0 Å². The maximum atomic E-state index is 12.4. The molecule has 5 unspecified atom stereocenters. The Morgan fingerprint density at radius 1 is 1.09 bits per heavy atom. The van der Waals surface area contributed by atoms with E-state index in [0.717, 1.165) is 27.9 Å². The SMILES string of the molecule is COC(=O)C(OC(C)=O)C1OC(n2cnc3c(=S)nc[nH]c32)C(OC(C)=O)C1OC(C)=O. The van der Waals surface area contributed by atoms with Gasteiger partial charge in [0.15, 0.2) is 23.1 Å². The smallest absolute Gasteiger partial charge is 0.350 e. The molecular weight excluding hydrogens is 448 g/mol. The van der Waals surface area contributed by atoms with Crippen LogP contribution < -0.4 is 0 Å². The van der Waals surface area contributed by atoms with Gasteiger partial charge in [-0.3, -0.25) is 19.0 Å². The van der Waals surface area contributed by atoms with Crippen molar-refractivity contribution in [3.8, 4) is 0 Å². The lowest BCUT2D eigenvalue weighted by Gasteiger charge is -2.26. The third kappa shape index (κ3) is 4.60. The van der Waals surface area contributed by atoms with Crippen LogP contribution in [0.4, 0.5) is 0 Å². The summed E-state index contributed by atoms with van der Waals surface area (Å²) in [5, 5.41) is 0. The lowest BCUT2D eigenvalue weighted by atomic mass is 10.0. The molecule has 0 aromatic carbocycles. The van der Waals surface area contributed by atoms with Crippen molar-refractivity contribution in [3.05, 3.63) is 17.3 Å². The summed E-state index contributed by atoms with van der Waals surface area (Å²) >= 11 is 5.16. The molecule has 0 spiro atoms. The first-order valence-corrected chi connectivity index (χ1v) is 9.70. The number of H-pyrrole nitrogens is 1. The highest BCUT2D eigenvalue weighted by atomic mass is 32.1. The van der Waals surface area contributed by atoms with Crippen molar-refractivity contribution in [3.63, 3.8) is 0 Å². The highest BCUT2D eigenvalue weighted by Gasteiger charge is 2.56. The van der Waals surface area contributed by atoms with E-state index in [0.29, 0.717) is 11.2 Å². The van der Waals surface area contributed by atoms with Crippen LogP contribution in [-0.4, -0.2) is 74.9 Å². The molecule has 1 aliphatic heterocycles. The van der Waals surface area contributed by atoms with Crippen LogP contribution in [0.15, 0.2) is 12.7 Å². The molecule has 14 heteroatoms. The number of nitrogens with zero attached hydrogens (tertiary/aromatic N) is 3. The second kappa shape index (κ2) is 9.40. The first-order chi connectivity index (χ1) is 15.1. The zero-order valence-electron chi connectivity index (χ0n) is 17.5. The average molecular weight is 468 g/mol. The molecule has 2 aromatic rings. The summed E-state index contributed by atoms with van der Waals surface area (Å²) in [6.45, 7) is 3.37. The Labute approximate surface area is 186 Å². The first-order valence-electron chi connectivity index (χ1n) is 9.29. The monoisotopic (exact) mass is 468 g/mol. The fourth-order valence-electron chi connectivity index (χ4n) is 3.39. The second-order valence-electron chi connectivity index (χ2n) is 6.75. The summed E-state index contributed by atoms with van der Waals surface area (Å²) in [4.78, 5) is 58.7. The van der Waals surface area contributed by atoms with Crippen LogP contribution in [0.5, 0.6) is 0 Å². The molecule has 1 aliphatic rings. The van der Waals surface area contributed by atoms with Crippen LogP contribution >= 0.6 is 12.2 Å². The summed E-state index contributed by atoms with van der Waals surface area (Å²) in [6.07, 6.45) is -3.99. The largest absolute Gasteiger partial charge is 0.466 e. The van der Waals surface area contributed by atoms with Gasteiger partial charge in [-0.15, -0.1) is 0 Å². The fourth-order valence-corrected chi connectivity index (χ4v) is 3.59. The van der Waals surface area contributed by atoms with Crippen LogP contribution in [-0.2, 0) is 42.9 Å². The normalized spacial score (nSPS) is 23.4. The van der Waals surface area contributed by atoms with Crippen LogP contribution in [0, 0.1) is 4.64 Å². The Balaban J connectivity index is 2.13. The number of hydrogen-bond acceptors (Lipinski definition) is 12. The van der Waals surface area contributed by atoms with Gasteiger partial charge in [0, 0.05) is 20.8 Å². The minimum absolute atomic E-state index is 0.208. The maximum absolute atomic E-state index is 12.4. The highest BCUT2D eigenvalue weighted by Crippen LogP contribution is 2.37. The van der Waals surface area contributed by atoms with Gasteiger partial charge in [-0.25, -0.2) is 14.8 Å². The molecule has 3 heterocycles. The zero-order chi connectivity index (χ0) is 23.6. The van der Waals surface area contributed by atoms with Crippen molar-refractivity contribution in [2.45, 2.75) is 51.4 Å². The number of aromatic nitrogens is 4. The van der Waals surface area contributed by atoms with Gasteiger partial charge in [0.25, 0.3) is 0 Å². The van der Waals surface area contributed by atoms with Crippen LogP contribution in [0.2, 0.25) is 0 Å². The molecule has 1 fully saturated rings. The van der Waals surface area contributed by atoms with Gasteiger partial charge >= 0.3 is 23.9 Å². The Hall–Kier alpha value is -3.39. The minimum Gasteiger partial charge on any atom is -0.466 e. The Morgan fingerprint density at radius 3 is 2.34 bits per heavy atom. The van der Waals surface area contributed by atoms with Crippen LogP contribution in [0.1, 0.15) is 27.0 Å². The number of carbonyl (C=O) groups excluding carboxylic acids is 4. The lowest BCUT2D eigenvalue weighted by molar-refractivity contribution is -0.183. The minimum atomic E-state index is -1.61. The Kier molecular flexibility index (Phi) is 6.84. The molecular formula is C18H20N4O9S. The standard InChI is InChI=1S/C18H20N4O9S/c1-7(23)28-11-12(14(18(26)27-4)30-9(3)25)31-17(13(11)29-8(2)24)22-6-21-10-15(22)19-5-20-16(10)32/h5-6,11-14,17H,1-4H3,(H,19,20,32). The Bertz CT molecular complexity index is 1110. The number of nitrogens with one attached hydrogen (secondary N) is 1. The summed E-state index contributed by atoms with van der Waals surface area (Å²) < 4.78 is 28.2. The van der Waals surface area contributed by atoms with E-state index in [1.165, 1.54) is 17.2 Å². The number of carbonyl (C=O) groups is 4. The van der Waals surface area contributed by atoms with E-state index in [1.807, 2.05) is 0 Å². The van der Waals surface area contributed by atoms with E-state index in [-0.39, 0.29) is 4.64 Å².